The molecule has 196 valence electrons. The molecular formula is C33H31ClN4S. The minimum atomic E-state index is 0.689. The summed E-state index contributed by atoms with van der Waals surface area (Å²) in [6.07, 6.45) is 6.60. The van der Waals surface area contributed by atoms with Crippen LogP contribution >= 0.6 is 22.9 Å². The minimum absolute atomic E-state index is 0.689. The van der Waals surface area contributed by atoms with Gasteiger partial charge in [-0.15, -0.1) is 11.3 Å². The average Bonchev–Trinajstić information content (AvgIpc) is 3.47. The smallest absolute Gasteiger partial charge is 0.0991 e. The zero-order chi connectivity index (χ0) is 26.9. The number of anilines is 1. The molecule has 0 amide bonds. The van der Waals surface area contributed by atoms with Crippen molar-refractivity contribution in [3.05, 3.63) is 107 Å². The molecule has 0 saturated carbocycles. The molecule has 0 aliphatic carbocycles. The van der Waals surface area contributed by atoms with E-state index in [0.29, 0.717) is 10.6 Å². The van der Waals surface area contributed by atoms with Crippen LogP contribution in [0.3, 0.4) is 0 Å². The fourth-order valence-electron chi connectivity index (χ4n) is 4.60. The van der Waals surface area contributed by atoms with Crippen molar-refractivity contribution in [2.75, 3.05) is 18.4 Å². The maximum atomic E-state index is 9.00. The number of halogens is 1. The Morgan fingerprint density at radius 3 is 2.18 bits per heavy atom. The third kappa shape index (κ3) is 7.25. The largest absolute Gasteiger partial charge is 0.384 e. The molecule has 6 heteroatoms. The van der Waals surface area contributed by atoms with E-state index in [1.807, 2.05) is 54.7 Å². The number of hydrogen-bond acceptors (Lipinski definition) is 5. The van der Waals surface area contributed by atoms with E-state index >= 15 is 0 Å². The molecule has 2 aromatic heterocycles. The highest BCUT2D eigenvalue weighted by Crippen LogP contribution is 2.34. The Balaban J connectivity index is 0.983. The summed E-state index contributed by atoms with van der Waals surface area (Å²) in [5.41, 5.74) is 6.42. The van der Waals surface area contributed by atoms with Crippen LogP contribution in [0.15, 0.2) is 91.1 Å². The standard InChI is InChI=1S/C33H31ClN4S/c34-28-13-14-29-30(17-20-38-31(29)21-28)37-19-4-2-1-3-18-36-23-25-7-11-27(12-8-25)33-16-15-32(39-33)26-9-5-24(22-35)6-10-26/h5-17,20-21,36H,1-4,18-19,23H2,(H,37,38). The predicted octanol–water partition coefficient (Wildman–Crippen LogP) is 8.92. The number of rotatable bonds is 12. The van der Waals surface area contributed by atoms with Crippen molar-refractivity contribution in [2.45, 2.75) is 32.2 Å². The van der Waals surface area contributed by atoms with Gasteiger partial charge >= 0.3 is 0 Å². The van der Waals surface area contributed by atoms with Crippen LogP contribution in [0.25, 0.3) is 31.8 Å². The maximum absolute atomic E-state index is 9.00. The Hall–Kier alpha value is -3.69. The molecule has 0 saturated heterocycles. The summed E-state index contributed by atoms with van der Waals surface area (Å²) in [4.78, 5) is 6.88. The van der Waals surface area contributed by atoms with Crippen LogP contribution in [0, 0.1) is 11.3 Å². The Bertz CT molecular complexity index is 1550. The normalized spacial score (nSPS) is 11.0. The summed E-state index contributed by atoms with van der Waals surface area (Å²) >= 11 is 7.87. The van der Waals surface area contributed by atoms with Crippen molar-refractivity contribution < 1.29 is 0 Å². The Labute approximate surface area is 239 Å². The number of nitrogens with one attached hydrogen (secondary N) is 2. The van der Waals surface area contributed by atoms with Gasteiger partial charge in [-0.2, -0.15) is 5.26 Å². The highest BCUT2D eigenvalue weighted by molar-refractivity contribution is 7.18. The number of aromatic nitrogens is 1. The lowest BCUT2D eigenvalue weighted by Crippen LogP contribution is -2.14. The summed E-state index contributed by atoms with van der Waals surface area (Å²) in [7, 11) is 0. The molecule has 5 aromatic rings. The summed E-state index contributed by atoms with van der Waals surface area (Å²) in [5, 5.41) is 18.0. The SMILES string of the molecule is N#Cc1ccc(-c2ccc(-c3ccc(CNCCCCCCNc4ccnc5cc(Cl)ccc45)cc3)s2)cc1. The van der Waals surface area contributed by atoms with Gasteiger partial charge in [0.25, 0.3) is 0 Å². The number of fused-ring (bicyclic) bond motifs is 1. The Kier molecular flexibility index (Phi) is 9.24. The van der Waals surface area contributed by atoms with E-state index in [0.717, 1.165) is 48.2 Å². The Morgan fingerprint density at radius 2 is 1.46 bits per heavy atom. The Morgan fingerprint density at radius 1 is 0.769 bits per heavy atom. The van der Waals surface area contributed by atoms with Crippen LogP contribution in [-0.2, 0) is 6.54 Å². The molecule has 0 spiro atoms. The maximum Gasteiger partial charge on any atom is 0.0991 e. The first-order valence-electron chi connectivity index (χ1n) is 13.4. The third-order valence-electron chi connectivity index (χ3n) is 6.77. The van der Waals surface area contributed by atoms with Crippen LogP contribution in [0.4, 0.5) is 5.69 Å². The van der Waals surface area contributed by atoms with Gasteiger partial charge in [-0.05, 0) is 84.6 Å². The second-order valence-electron chi connectivity index (χ2n) is 9.59. The third-order valence-corrected chi connectivity index (χ3v) is 8.19. The number of thiophene rings is 1. The van der Waals surface area contributed by atoms with E-state index < -0.39 is 0 Å². The van der Waals surface area contributed by atoms with Crippen LogP contribution < -0.4 is 10.6 Å². The van der Waals surface area contributed by atoms with Crippen LogP contribution in [0.2, 0.25) is 5.02 Å². The highest BCUT2D eigenvalue weighted by Gasteiger charge is 2.06. The number of hydrogen-bond donors (Lipinski definition) is 2. The quantitative estimate of drug-likeness (QED) is 0.152. The molecule has 0 radical (unpaired) electrons. The van der Waals surface area contributed by atoms with E-state index in [1.54, 1.807) is 11.3 Å². The fourth-order valence-corrected chi connectivity index (χ4v) is 5.79. The molecule has 0 aliphatic rings. The van der Waals surface area contributed by atoms with Gasteiger partial charge in [0.1, 0.15) is 0 Å². The predicted molar refractivity (Wildman–Crippen MR) is 165 cm³/mol. The second-order valence-corrected chi connectivity index (χ2v) is 11.1. The van der Waals surface area contributed by atoms with Gasteiger partial charge < -0.3 is 10.6 Å². The van der Waals surface area contributed by atoms with E-state index in [2.05, 4.69) is 58.1 Å². The van der Waals surface area contributed by atoms with Gasteiger partial charge in [-0.25, -0.2) is 0 Å². The molecule has 5 rings (SSSR count). The van der Waals surface area contributed by atoms with Gasteiger partial charge in [-0.3, -0.25) is 4.98 Å². The topological polar surface area (TPSA) is 60.7 Å². The molecule has 3 aromatic carbocycles. The molecule has 0 bridgehead atoms. The molecule has 0 atom stereocenters. The van der Waals surface area contributed by atoms with E-state index in [4.69, 9.17) is 16.9 Å². The molecular weight excluding hydrogens is 520 g/mol. The lowest BCUT2D eigenvalue weighted by Gasteiger charge is -2.10. The number of benzene rings is 3. The van der Waals surface area contributed by atoms with E-state index in [1.165, 1.54) is 40.1 Å². The molecule has 0 unspecified atom stereocenters. The first-order chi connectivity index (χ1) is 19.2. The van der Waals surface area contributed by atoms with Gasteiger partial charge in [-0.1, -0.05) is 60.8 Å². The van der Waals surface area contributed by atoms with Gasteiger partial charge in [0.2, 0.25) is 0 Å². The van der Waals surface area contributed by atoms with Crippen molar-refractivity contribution >= 4 is 39.5 Å². The van der Waals surface area contributed by atoms with Crippen molar-refractivity contribution in [3.63, 3.8) is 0 Å². The molecule has 0 aliphatic heterocycles. The van der Waals surface area contributed by atoms with Crippen molar-refractivity contribution in [3.8, 4) is 27.0 Å². The van der Waals surface area contributed by atoms with Crippen LogP contribution in [-0.4, -0.2) is 18.1 Å². The lowest BCUT2D eigenvalue weighted by molar-refractivity contribution is 0.593. The van der Waals surface area contributed by atoms with Gasteiger partial charge in [0, 0.05) is 45.1 Å². The first kappa shape index (κ1) is 26.9. The van der Waals surface area contributed by atoms with Crippen LogP contribution in [0.5, 0.6) is 0 Å². The zero-order valence-electron chi connectivity index (χ0n) is 21.8. The zero-order valence-corrected chi connectivity index (χ0v) is 23.4. The fraction of sp³-hybridized carbons (Fsp3) is 0.212. The molecule has 2 heterocycles. The molecule has 39 heavy (non-hydrogen) atoms. The summed E-state index contributed by atoms with van der Waals surface area (Å²) in [5.74, 6) is 0. The molecule has 4 nitrogen and oxygen atoms in total. The molecule has 0 fully saturated rings. The van der Waals surface area contributed by atoms with Gasteiger partial charge in [0.05, 0.1) is 17.1 Å². The summed E-state index contributed by atoms with van der Waals surface area (Å²) < 4.78 is 0. The van der Waals surface area contributed by atoms with Crippen LogP contribution in [0.1, 0.15) is 36.8 Å². The minimum Gasteiger partial charge on any atom is -0.384 e. The monoisotopic (exact) mass is 550 g/mol. The highest BCUT2D eigenvalue weighted by atomic mass is 35.5. The first-order valence-corrected chi connectivity index (χ1v) is 14.6. The number of pyridine rings is 1. The number of nitriles is 1. The summed E-state index contributed by atoms with van der Waals surface area (Å²) in [6.45, 7) is 2.88. The second kappa shape index (κ2) is 13.4. The van der Waals surface area contributed by atoms with Crippen molar-refractivity contribution in [1.82, 2.24) is 10.3 Å². The number of nitrogens with zero attached hydrogens (tertiary/aromatic N) is 2. The number of unbranched alkanes of at least 4 members (excludes halogenated alkanes) is 3. The van der Waals surface area contributed by atoms with Gasteiger partial charge in [0.15, 0.2) is 0 Å². The van der Waals surface area contributed by atoms with Crippen molar-refractivity contribution in [1.29, 1.82) is 5.26 Å². The van der Waals surface area contributed by atoms with Crippen molar-refractivity contribution in [2.24, 2.45) is 0 Å². The van der Waals surface area contributed by atoms with E-state index in [-0.39, 0.29) is 0 Å². The van der Waals surface area contributed by atoms with E-state index in [9.17, 15) is 0 Å². The average molecular weight is 551 g/mol. The molecule has 2 N–H and O–H groups in total. The lowest BCUT2D eigenvalue weighted by atomic mass is 10.1. The summed E-state index contributed by atoms with van der Waals surface area (Å²) in [6, 6.07) is 31.0.